The van der Waals surface area contributed by atoms with Gasteiger partial charge < -0.3 is 19.8 Å². The van der Waals surface area contributed by atoms with Crippen LogP contribution in [0.2, 0.25) is 0 Å². The summed E-state index contributed by atoms with van der Waals surface area (Å²) >= 11 is 0. The molecule has 0 aliphatic carbocycles. The number of aromatic nitrogens is 2. The maximum atomic E-state index is 11.9. The van der Waals surface area contributed by atoms with E-state index >= 15 is 0 Å². The van der Waals surface area contributed by atoms with Gasteiger partial charge in [-0.15, -0.1) is 0 Å². The number of H-pyrrole nitrogens is 1. The van der Waals surface area contributed by atoms with Crippen LogP contribution in [0.5, 0.6) is 0 Å². The molecule has 0 radical (unpaired) electrons. The standard InChI is InChI=1S/C12H13N3O4/c1-7-2-3-19-10(7)11(16)15-9(12(17)18)4-8-5-13-6-14-8/h2-3,5-6,9H,4H2,1H3,(H,13,14)(H,15,16)(H,17,18)/t9-/m1/s1. The van der Waals surface area contributed by atoms with Gasteiger partial charge in [0, 0.05) is 23.9 Å². The van der Waals surface area contributed by atoms with Gasteiger partial charge in [0.2, 0.25) is 0 Å². The number of imidazole rings is 1. The van der Waals surface area contributed by atoms with E-state index in [1.807, 2.05) is 0 Å². The normalized spacial score (nSPS) is 12.1. The number of carbonyl (C=O) groups excluding carboxylic acids is 1. The van der Waals surface area contributed by atoms with E-state index < -0.39 is 17.9 Å². The lowest BCUT2D eigenvalue weighted by Crippen LogP contribution is -2.42. The second kappa shape index (κ2) is 5.38. The number of hydrogen-bond acceptors (Lipinski definition) is 4. The second-order valence-corrected chi connectivity index (χ2v) is 4.08. The molecule has 0 spiro atoms. The third kappa shape index (κ3) is 3.01. The summed E-state index contributed by atoms with van der Waals surface area (Å²) in [4.78, 5) is 29.6. The van der Waals surface area contributed by atoms with Crippen LogP contribution in [0, 0.1) is 6.92 Å². The molecule has 7 heteroatoms. The topological polar surface area (TPSA) is 108 Å². The van der Waals surface area contributed by atoms with E-state index in [9.17, 15) is 9.59 Å². The molecule has 3 N–H and O–H groups in total. The molecule has 1 atom stereocenters. The third-order valence-corrected chi connectivity index (χ3v) is 2.65. The number of carbonyl (C=O) groups is 2. The number of aromatic amines is 1. The van der Waals surface area contributed by atoms with Crippen molar-refractivity contribution in [2.24, 2.45) is 0 Å². The highest BCUT2D eigenvalue weighted by molar-refractivity contribution is 5.95. The highest BCUT2D eigenvalue weighted by Gasteiger charge is 2.23. The zero-order chi connectivity index (χ0) is 13.8. The van der Waals surface area contributed by atoms with Crippen LogP contribution in [0.1, 0.15) is 21.8 Å². The first-order valence-electron chi connectivity index (χ1n) is 5.63. The number of furan rings is 1. The van der Waals surface area contributed by atoms with E-state index in [1.54, 1.807) is 13.0 Å². The number of aryl methyl sites for hydroxylation is 1. The van der Waals surface area contributed by atoms with Gasteiger partial charge in [-0.1, -0.05) is 0 Å². The number of aliphatic carboxylic acids is 1. The molecule has 0 aliphatic rings. The SMILES string of the molecule is Cc1ccoc1C(=O)N[C@H](Cc1cnc[nH]1)C(=O)O. The first kappa shape index (κ1) is 12.9. The van der Waals surface area contributed by atoms with Gasteiger partial charge in [0.1, 0.15) is 6.04 Å². The molecular formula is C12H13N3O4. The summed E-state index contributed by atoms with van der Waals surface area (Å²) < 4.78 is 5.02. The third-order valence-electron chi connectivity index (χ3n) is 2.65. The van der Waals surface area contributed by atoms with E-state index in [0.29, 0.717) is 11.3 Å². The van der Waals surface area contributed by atoms with Gasteiger partial charge >= 0.3 is 5.97 Å². The van der Waals surface area contributed by atoms with Gasteiger partial charge in [-0.2, -0.15) is 0 Å². The summed E-state index contributed by atoms with van der Waals surface area (Å²) in [5, 5.41) is 11.5. The number of carboxylic acids is 1. The quantitative estimate of drug-likeness (QED) is 0.737. The molecule has 0 unspecified atom stereocenters. The minimum atomic E-state index is -1.12. The molecule has 0 aliphatic heterocycles. The van der Waals surface area contributed by atoms with Gasteiger partial charge in [0.05, 0.1) is 12.6 Å². The van der Waals surface area contributed by atoms with Gasteiger partial charge in [0.25, 0.3) is 5.91 Å². The van der Waals surface area contributed by atoms with Crippen LogP contribution in [-0.2, 0) is 11.2 Å². The Labute approximate surface area is 108 Å². The fraction of sp³-hybridized carbons (Fsp3) is 0.250. The second-order valence-electron chi connectivity index (χ2n) is 4.08. The van der Waals surface area contributed by atoms with Crippen molar-refractivity contribution in [1.29, 1.82) is 0 Å². The van der Waals surface area contributed by atoms with Crippen molar-refractivity contribution in [2.75, 3.05) is 0 Å². The van der Waals surface area contributed by atoms with E-state index in [-0.39, 0.29) is 12.2 Å². The van der Waals surface area contributed by atoms with E-state index in [2.05, 4.69) is 15.3 Å². The van der Waals surface area contributed by atoms with Crippen molar-refractivity contribution >= 4 is 11.9 Å². The maximum Gasteiger partial charge on any atom is 0.326 e. The summed E-state index contributed by atoms with van der Waals surface area (Å²) in [6.07, 6.45) is 4.47. The Morgan fingerprint density at radius 2 is 2.37 bits per heavy atom. The van der Waals surface area contributed by atoms with Crippen LogP contribution in [0.15, 0.2) is 29.3 Å². The lowest BCUT2D eigenvalue weighted by Gasteiger charge is -2.12. The number of hydrogen-bond donors (Lipinski definition) is 3. The fourth-order valence-corrected chi connectivity index (χ4v) is 1.65. The lowest BCUT2D eigenvalue weighted by atomic mass is 10.1. The van der Waals surface area contributed by atoms with Crippen molar-refractivity contribution in [3.05, 3.63) is 41.9 Å². The van der Waals surface area contributed by atoms with Gasteiger partial charge in [0.15, 0.2) is 5.76 Å². The van der Waals surface area contributed by atoms with Gasteiger partial charge in [-0.3, -0.25) is 4.79 Å². The molecule has 0 saturated heterocycles. The highest BCUT2D eigenvalue weighted by Crippen LogP contribution is 2.09. The summed E-state index contributed by atoms with van der Waals surface area (Å²) in [5.41, 5.74) is 1.28. The minimum Gasteiger partial charge on any atom is -0.480 e. The summed E-state index contributed by atoms with van der Waals surface area (Å²) in [7, 11) is 0. The average molecular weight is 263 g/mol. The molecular weight excluding hydrogens is 250 g/mol. The number of carboxylic acid groups (broad SMARTS) is 1. The minimum absolute atomic E-state index is 0.121. The Morgan fingerprint density at radius 3 is 2.89 bits per heavy atom. The van der Waals surface area contributed by atoms with Crippen LogP contribution < -0.4 is 5.32 Å². The maximum absolute atomic E-state index is 11.9. The van der Waals surface area contributed by atoms with Crippen molar-refractivity contribution in [2.45, 2.75) is 19.4 Å². The van der Waals surface area contributed by atoms with Gasteiger partial charge in [-0.05, 0) is 13.0 Å². The predicted molar refractivity (Wildman–Crippen MR) is 64.6 cm³/mol. The molecule has 19 heavy (non-hydrogen) atoms. The monoisotopic (exact) mass is 263 g/mol. The molecule has 1 amide bonds. The zero-order valence-corrected chi connectivity index (χ0v) is 10.2. The fourth-order valence-electron chi connectivity index (χ4n) is 1.65. The molecule has 2 heterocycles. The van der Waals surface area contributed by atoms with Crippen LogP contribution in [0.3, 0.4) is 0 Å². The van der Waals surface area contributed by atoms with E-state index in [1.165, 1.54) is 18.8 Å². The Bertz CT molecular complexity index is 574. The first-order valence-corrected chi connectivity index (χ1v) is 5.63. The molecule has 100 valence electrons. The van der Waals surface area contributed by atoms with Crippen LogP contribution in [0.4, 0.5) is 0 Å². The Kier molecular flexibility index (Phi) is 3.65. The molecule has 2 aromatic rings. The van der Waals surface area contributed by atoms with Crippen molar-refractivity contribution < 1.29 is 19.1 Å². The largest absolute Gasteiger partial charge is 0.480 e. The summed E-state index contributed by atoms with van der Waals surface area (Å²) in [5.74, 6) is -1.54. The number of rotatable bonds is 5. The lowest BCUT2D eigenvalue weighted by molar-refractivity contribution is -0.139. The zero-order valence-electron chi connectivity index (χ0n) is 10.2. The Balaban J connectivity index is 2.07. The molecule has 2 rings (SSSR count). The van der Waals surface area contributed by atoms with Crippen molar-refractivity contribution in [3.63, 3.8) is 0 Å². The molecule has 0 fully saturated rings. The van der Waals surface area contributed by atoms with E-state index in [4.69, 9.17) is 9.52 Å². The van der Waals surface area contributed by atoms with Crippen LogP contribution >= 0.6 is 0 Å². The number of nitrogens with zero attached hydrogens (tertiary/aromatic N) is 1. The molecule has 0 bridgehead atoms. The molecule has 0 saturated carbocycles. The number of nitrogens with one attached hydrogen (secondary N) is 2. The average Bonchev–Trinajstić information content (AvgIpc) is 2.99. The highest BCUT2D eigenvalue weighted by atomic mass is 16.4. The van der Waals surface area contributed by atoms with Crippen molar-refractivity contribution in [3.8, 4) is 0 Å². The first-order chi connectivity index (χ1) is 9.08. The van der Waals surface area contributed by atoms with Crippen LogP contribution in [0.25, 0.3) is 0 Å². The van der Waals surface area contributed by atoms with E-state index in [0.717, 1.165) is 0 Å². The number of amides is 1. The summed E-state index contributed by atoms with van der Waals surface area (Å²) in [6, 6.07) is 0.594. The van der Waals surface area contributed by atoms with Crippen LogP contribution in [-0.4, -0.2) is 33.0 Å². The Morgan fingerprint density at radius 1 is 1.58 bits per heavy atom. The smallest absolute Gasteiger partial charge is 0.326 e. The molecule has 2 aromatic heterocycles. The van der Waals surface area contributed by atoms with Gasteiger partial charge in [-0.25, -0.2) is 9.78 Å². The molecule has 0 aromatic carbocycles. The molecule has 7 nitrogen and oxygen atoms in total. The summed E-state index contributed by atoms with van der Waals surface area (Å²) in [6.45, 7) is 1.71. The predicted octanol–water partition coefficient (Wildman–Crippen LogP) is 0.737. The van der Waals surface area contributed by atoms with Crippen molar-refractivity contribution in [1.82, 2.24) is 15.3 Å². The Hall–Kier alpha value is -2.57.